The van der Waals surface area contributed by atoms with Crippen LogP contribution in [0.25, 0.3) is 33.6 Å². The number of aromatic nitrogens is 3. The predicted octanol–water partition coefficient (Wildman–Crippen LogP) is 4.48. The number of hydrogen-bond donors (Lipinski definition) is 2. The van der Waals surface area contributed by atoms with Gasteiger partial charge in [0.2, 0.25) is 0 Å². The number of morpholine rings is 1. The van der Waals surface area contributed by atoms with Crippen LogP contribution in [-0.4, -0.2) is 77.4 Å². The number of nitrogens with zero attached hydrogens (tertiary/aromatic N) is 3. The van der Waals surface area contributed by atoms with Crippen LogP contribution >= 0.6 is 11.6 Å². The number of ether oxygens (including phenoxy) is 3. The number of fused-ring (bicyclic) bond motifs is 1. The van der Waals surface area contributed by atoms with E-state index in [-0.39, 0.29) is 11.9 Å². The standard InChI is InChI=1S/C26H25ClN4O6/c1-34-10-11-36-23-14-22-19(12-20(23)27)25(29-28-22)24-13-21(30-37-24)16-2-4-17(5-3-16)26(33)31-7-9-35-15-18(31)6-8-32/h2-6,8,12-14,18,32H,7,9-11,15H2,1H3,(H,28,29)/b8-6+/t18-/m1/s1. The van der Waals surface area contributed by atoms with Gasteiger partial charge in [-0.05, 0) is 24.3 Å². The van der Waals surface area contributed by atoms with Crippen molar-refractivity contribution in [1.29, 1.82) is 0 Å². The van der Waals surface area contributed by atoms with E-state index in [2.05, 4.69) is 15.4 Å². The van der Waals surface area contributed by atoms with Crippen molar-refractivity contribution in [3.8, 4) is 28.5 Å². The molecule has 0 aliphatic carbocycles. The first-order valence-corrected chi connectivity index (χ1v) is 12.0. The summed E-state index contributed by atoms with van der Waals surface area (Å²) in [7, 11) is 1.60. The van der Waals surface area contributed by atoms with E-state index in [1.165, 1.54) is 0 Å². The second kappa shape index (κ2) is 11.0. The number of methoxy groups -OCH3 is 1. The summed E-state index contributed by atoms with van der Waals surface area (Å²) in [4.78, 5) is 14.7. The summed E-state index contributed by atoms with van der Waals surface area (Å²) in [6.07, 6.45) is 2.49. The van der Waals surface area contributed by atoms with Crippen LogP contribution < -0.4 is 4.74 Å². The van der Waals surface area contributed by atoms with E-state index >= 15 is 0 Å². The monoisotopic (exact) mass is 524 g/mol. The number of H-pyrrole nitrogens is 1. The Morgan fingerprint density at radius 2 is 2.11 bits per heavy atom. The summed E-state index contributed by atoms with van der Waals surface area (Å²) in [6.45, 7) is 2.08. The van der Waals surface area contributed by atoms with Gasteiger partial charge in [0.15, 0.2) is 5.76 Å². The van der Waals surface area contributed by atoms with E-state index in [1.807, 2.05) is 12.1 Å². The van der Waals surface area contributed by atoms with Gasteiger partial charge in [-0.2, -0.15) is 5.10 Å². The second-order valence-electron chi connectivity index (χ2n) is 8.38. The van der Waals surface area contributed by atoms with Crippen LogP contribution in [0.15, 0.2) is 59.3 Å². The average molecular weight is 525 g/mol. The second-order valence-corrected chi connectivity index (χ2v) is 8.78. The maximum Gasteiger partial charge on any atom is 0.254 e. The SMILES string of the molecule is COCCOc1cc2[nH]nc(-c3cc(-c4ccc(C(=O)N5CCOC[C@H]5/C=C/O)cc4)no3)c2cc1Cl. The zero-order valence-electron chi connectivity index (χ0n) is 20.0. The van der Waals surface area contributed by atoms with Crippen molar-refractivity contribution >= 4 is 28.4 Å². The normalized spacial score (nSPS) is 16.1. The lowest BCUT2D eigenvalue weighted by atomic mass is 10.1. The van der Waals surface area contributed by atoms with E-state index < -0.39 is 0 Å². The summed E-state index contributed by atoms with van der Waals surface area (Å²) in [6, 6.07) is 12.1. The molecule has 1 aliphatic rings. The number of amides is 1. The number of rotatable bonds is 8. The predicted molar refractivity (Wildman–Crippen MR) is 137 cm³/mol. The molecular weight excluding hydrogens is 500 g/mol. The van der Waals surface area contributed by atoms with Crippen LogP contribution in [0.4, 0.5) is 0 Å². The lowest BCUT2D eigenvalue weighted by Crippen LogP contribution is -2.47. The number of benzene rings is 2. The van der Waals surface area contributed by atoms with Crippen molar-refractivity contribution in [1.82, 2.24) is 20.3 Å². The molecule has 10 nitrogen and oxygen atoms in total. The molecule has 0 radical (unpaired) electrons. The van der Waals surface area contributed by atoms with Crippen LogP contribution in [0, 0.1) is 0 Å². The Morgan fingerprint density at radius 1 is 1.27 bits per heavy atom. The highest BCUT2D eigenvalue weighted by Crippen LogP contribution is 2.35. The summed E-state index contributed by atoms with van der Waals surface area (Å²) in [5.74, 6) is 0.867. The third-order valence-corrected chi connectivity index (χ3v) is 6.36. The maximum atomic E-state index is 13.0. The van der Waals surface area contributed by atoms with Gasteiger partial charge in [0.1, 0.15) is 23.7 Å². The molecule has 1 amide bonds. The number of carbonyl (C=O) groups excluding carboxylic acids is 1. The minimum atomic E-state index is -0.311. The fraction of sp³-hybridized carbons (Fsp3) is 0.269. The Morgan fingerprint density at radius 3 is 2.89 bits per heavy atom. The first-order chi connectivity index (χ1) is 18.1. The molecule has 0 spiro atoms. The topological polar surface area (TPSA) is 123 Å². The number of halogens is 1. The third kappa shape index (κ3) is 5.17. The molecule has 5 rings (SSSR count). The van der Waals surface area contributed by atoms with Gasteiger partial charge in [-0.3, -0.25) is 9.89 Å². The Bertz CT molecular complexity index is 1410. The number of carbonyl (C=O) groups is 1. The number of hydrogen-bond acceptors (Lipinski definition) is 8. The smallest absolute Gasteiger partial charge is 0.254 e. The molecule has 0 unspecified atom stereocenters. The molecule has 1 aliphatic heterocycles. The quantitative estimate of drug-likeness (QED) is 0.255. The molecule has 192 valence electrons. The van der Waals surface area contributed by atoms with Gasteiger partial charge in [0.05, 0.1) is 42.7 Å². The summed E-state index contributed by atoms with van der Waals surface area (Å²) >= 11 is 6.41. The van der Waals surface area contributed by atoms with Crippen molar-refractivity contribution in [3.05, 3.63) is 65.4 Å². The maximum absolute atomic E-state index is 13.0. The lowest BCUT2D eigenvalue weighted by molar-refractivity contribution is 0.0109. The van der Waals surface area contributed by atoms with Gasteiger partial charge in [-0.15, -0.1) is 0 Å². The first kappa shape index (κ1) is 24.8. The van der Waals surface area contributed by atoms with Crippen molar-refractivity contribution < 1.29 is 28.6 Å². The Balaban J connectivity index is 1.34. The number of nitrogens with one attached hydrogen (secondary N) is 1. The van der Waals surface area contributed by atoms with E-state index in [0.29, 0.717) is 66.5 Å². The molecular formula is C26H25ClN4O6. The van der Waals surface area contributed by atoms with Gasteiger partial charge in [-0.1, -0.05) is 28.9 Å². The van der Waals surface area contributed by atoms with Crippen LogP contribution in [-0.2, 0) is 9.47 Å². The molecule has 3 heterocycles. The zero-order valence-corrected chi connectivity index (χ0v) is 20.8. The highest BCUT2D eigenvalue weighted by atomic mass is 35.5. The average Bonchev–Trinajstić information content (AvgIpc) is 3.56. The fourth-order valence-electron chi connectivity index (χ4n) is 4.16. The van der Waals surface area contributed by atoms with E-state index in [0.717, 1.165) is 22.7 Å². The molecule has 2 aromatic carbocycles. The van der Waals surface area contributed by atoms with Crippen LogP contribution in [0.1, 0.15) is 10.4 Å². The first-order valence-electron chi connectivity index (χ1n) is 11.7. The van der Waals surface area contributed by atoms with Gasteiger partial charge in [0, 0.05) is 42.3 Å². The highest BCUT2D eigenvalue weighted by molar-refractivity contribution is 6.33. The largest absolute Gasteiger partial charge is 0.516 e. The fourth-order valence-corrected chi connectivity index (χ4v) is 4.38. The summed E-state index contributed by atoms with van der Waals surface area (Å²) < 4.78 is 21.7. The Kier molecular flexibility index (Phi) is 7.40. The van der Waals surface area contributed by atoms with Crippen molar-refractivity contribution in [2.45, 2.75) is 6.04 Å². The van der Waals surface area contributed by atoms with E-state index in [9.17, 15) is 4.79 Å². The van der Waals surface area contributed by atoms with Crippen molar-refractivity contribution in [2.75, 3.05) is 40.1 Å². The van der Waals surface area contributed by atoms with Gasteiger partial charge in [-0.25, -0.2) is 0 Å². The third-order valence-electron chi connectivity index (χ3n) is 6.07. The Labute approximate surface area is 217 Å². The molecule has 1 saturated heterocycles. The summed E-state index contributed by atoms with van der Waals surface area (Å²) in [5.41, 5.74) is 3.23. The van der Waals surface area contributed by atoms with Gasteiger partial charge < -0.3 is 28.7 Å². The summed E-state index contributed by atoms with van der Waals surface area (Å²) in [5, 5.41) is 21.9. The van der Waals surface area contributed by atoms with Gasteiger partial charge in [0.25, 0.3) is 5.91 Å². The van der Waals surface area contributed by atoms with Crippen LogP contribution in [0.2, 0.25) is 5.02 Å². The minimum absolute atomic E-state index is 0.135. The van der Waals surface area contributed by atoms with Crippen molar-refractivity contribution in [3.63, 3.8) is 0 Å². The van der Waals surface area contributed by atoms with Crippen LogP contribution in [0.3, 0.4) is 0 Å². The molecule has 1 fully saturated rings. The highest BCUT2D eigenvalue weighted by Gasteiger charge is 2.26. The van der Waals surface area contributed by atoms with Gasteiger partial charge >= 0.3 is 0 Å². The molecule has 2 N–H and O–H groups in total. The zero-order chi connectivity index (χ0) is 25.8. The molecule has 2 aromatic heterocycles. The number of aliphatic hydroxyl groups excluding tert-OH is 1. The van der Waals surface area contributed by atoms with Crippen molar-refractivity contribution in [2.24, 2.45) is 0 Å². The van der Waals surface area contributed by atoms with Crippen LogP contribution in [0.5, 0.6) is 5.75 Å². The molecule has 1 atom stereocenters. The minimum Gasteiger partial charge on any atom is -0.516 e. The molecule has 37 heavy (non-hydrogen) atoms. The number of aliphatic hydroxyl groups is 1. The lowest BCUT2D eigenvalue weighted by Gasteiger charge is -2.33. The number of aromatic amines is 1. The van der Waals surface area contributed by atoms with E-state index in [4.69, 9.17) is 35.4 Å². The molecule has 0 saturated carbocycles. The van der Waals surface area contributed by atoms with E-state index in [1.54, 1.807) is 48.4 Å². The Hall–Kier alpha value is -3.86. The molecule has 4 aromatic rings. The molecule has 0 bridgehead atoms. The molecule has 11 heteroatoms.